The van der Waals surface area contributed by atoms with Crippen molar-refractivity contribution in [2.24, 2.45) is 11.8 Å². The van der Waals surface area contributed by atoms with Crippen LogP contribution in [0, 0.1) is 11.8 Å². The van der Waals surface area contributed by atoms with Crippen molar-refractivity contribution in [1.29, 1.82) is 0 Å². The number of amides is 1. The molecule has 2 fully saturated rings. The van der Waals surface area contributed by atoms with E-state index in [-0.39, 0.29) is 24.9 Å². The van der Waals surface area contributed by atoms with Gasteiger partial charge in [0.1, 0.15) is 5.75 Å². The molecule has 0 unspecified atom stereocenters. The molecule has 2 aliphatic rings. The third-order valence-corrected chi connectivity index (χ3v) is 8.30. The molecule has 1 aromatic carbocycles. The highest BCUT2D eigenvalue weighted by Gasteiger charge is 2.31. The molecule has 0 radical (unpaired) electrons. The van der Waals surface area contributed by atoms with Crippen molar-refractivity contribution >= 4 is 37.6 Å². The van der Waals surface area contributed by atoms with Gasteiger partial charge in [-0.2, -0.15) is 0 Å². The van der Waals surface area contributed by atoms with Crippen molar-refractivity contribution in [3.05, 3.63) is 24.3 Å². The molecule has 192 valence electrons. The average molecular weight is 520 g/mol. The number of methoxy groups -OCH3 is 1. The number of sulfonamides is 2. The Bertz CT molecular complexity index is 1080. The monoisotopic (exact) mass is 519 g/mol. The predicted octanol–water partition coefficient (Wildman–Crippen LogP) is 1.05. The summed E-state index contributed by atoms with van der Waals surface area (Å²) in [5, 5.41) is 11.5. The normalized spacial score (nSPS) is 22.2. The fourth-order valence-corrected chi connectivity index (χ4v) is 5.67. The van der Waals surface area contributed by atoms with Crippen LogP contribution in [-0.4, -0.2) is 88.2 Å². The van der Waals surface area contributed by atoms with Crippen molar-refractivity contribution < 1.29 is 36.3 Å². The van der Waals surface area contributed by atoms with Gasteiger partial charge in [-0.1, -0.05) is 6.07 Å². The lowest BCUT2D eigenvalue weighted by atomic mass is 9.98. The number of carbonyl (C=O) groups excluding carboxylic acids is 1. The number of aliphatic carboxylic acids is 1. The van der Waals surface area contributed by atoms with Crippen LogP contribution < -0.4 is 10.1 Å². The second kappa shape index (κ2) is 12.0. The molecule has 34 heavy (non-hydrogen) atoms. The van der Waals surface area contributed by atoms with E-state index in [0.717, 1.165) is 6.26 Å². The first-order chi connectivity index (χ1) is 15.8. The van der Waals surface area contributed by atoms with Crippen molar-refractivity contribution in [3.8, 4) is 5.75 Å². The van der Waals surface area contributed by atoms with E-state index in [1.54, 1.807) is 31.4 Å². The number of rotatable bonds is 6. The zero-order valence-corrected chi connectivity index (χ0v) is 21.3. The van der Waals surface area contributed by atoms with Crippen LogP contribution >= 0.6 is 0 Å². The van der Waals surface area contributed by atoms with E-state index in [1.165, 1.54) is 14.9 Å². The summed E-state index contributed by atoms with van der Waals surface area (Å²) in [5.41, 5.74) is 0.649. The van der Waals surface area contributed by atoms with Gasteiger partial charge < -0.3 is 15.2 Å². The van der Waals surface area contributed by atoms with E-state index < -0.39 is 31.9 Å². The van der Waals surface area contributed by atoms with Crippen LogP contribution in [-0.2, 0) is 29.6 Å². The van der Waals surface area contributed by atoms with Crippen LogP contribution in [0.1, 0.15) is 25.7 Å². The highest BCUT2D eigenvalue weighted by atomic mass is 32.2. The van der Waals surface area contributed by atoms with E-state index in [9.17, 15) is 26.4 Å². The molecule has 2 atom stereocenters. The van der Waals surface area contributed by atoms with E-state index >= 15 is 0 Å². The Morgan fingerprint density at radius 3 is 2.00 bits per heavy atom. The number of ether oxygens (including phenoxy) is 1. The number of anilines is 1. The van der Waals surface area contributed by atoms with Gasteiger partial charge in [-0.25, -0.2) is 25.4 Å². The minimum Gasteiger partial charge on any atom is -0.497 e. The van der Waals surface area contributed by atoms with Gasteiger partial charge in [-0.3, -0.25) is 9.59 Å². The molecule has 0 saturated carbocycles. The highest BCUT2D eigenvalue weighted by Crippen LogP contribution is 2.22. The molecule has 0 bridgehead atoms. The number of nitrogens with zero attached hydrogens (tertiary/aromatic N) is 2. The Hall–Kier alpha value is -2.22. The second-order valence-corrected chi connectivity index (χ2v) is 12.4. The molecular weight excluding hydrogens is 486 g/mol. The Morgan fingerprint density at radius 1 is 0.971 bits per heavy atom. The van der Waals surface area contributed by atoms with Crippen molar-refractivity contribution in [2.45, 2.75) is 25.7 Å². The summed E-state index contributed by atoms with van der Waals surface area (Å²) in [6.07, 6.45) is 4.88. The van der Waals surface area contributed by atoms with Crippen LogP contribution in [0.25, 0.3) is 0 Å². The minimum absolute atomic E-state index is 0.119. The predicted molar refractivity (Wildman–Crippen MR) is 128 cm³/mol. The van der Waals surface area contributed by atoms with Gasteiger partial charge in [-0.05, 0) is 37.8 Å². The van der Waals surface area contributed by atoms with Gasteiger partial charge in [0.05, 0.1) is 31.5 Å². The topological polar surface area (TPSA) is 150 Å². The Morgan fingerprint density at radius 2 is 1.50 bits per heavy atom. The SMILES string of the molecule is COc1cccc(NC(=O)[C@H]2CCCN(S(C)(=O)=O)C2)c1.CS(=O)(=O)N1CCC[C@H](C(=O)O)C1. The first kappa shape index (κ1) is 28.0. The third-order valence-electron chi connectivity index (χ3n) is 5.76. The lowest BCUT2D eigenvalue weighted by Gasteiger charge is -2.30. The molecule has 1 amide bonds. The van der Waals surface area contributed by atoms with Crippen LogP contribution in [0.2, 0.25) is 0 Å². The molecule has 13 heteroatoms. The van der Waals surface area contributed by atoms with Gasteiger partial charge in [0.25, 0.3) is 0 Å². The molecule has 0 aromatic heterocycles. The summed E-state index contributed by atoms with van der Waals surface area (Å²) in [4.78, 5) is 22.9. The summed E-state index contributed by atoms with van der Waals surface area (Å²) < 4.78 is 53.0. The molecular formula is C21H33N3O8S2. The number of nitrogens with one attached hydrogen (secondary N) is 1. The number of carboxylic acids is 1. The van der Waals surface area contributed by atoms with Gasteiger partial charge in [0, 0.05) is 37.9 Å². The zero-order valence-electron chi connectivity index (χ0n) is 19.6. The minimum atomic E-state index is -3.24. The van der Waals surface area contributed by atoms with Crippen LogP contribution in [0.15, 0.2) is 24.3 Å². The molecule has 2 N–H and O–H groups in total. The smallest absolute Gasteiger partial charge is 0.307 e. The number of benzene rings is 1. The highest BCUT2D eigenvalue weighted by molar-refractivity contribution is 7.88. The number of carbonyl (C=O) groups is 2. The van der Waals surface area contributed by atoms with Crippen molar-refractivity contribution in [3.63, 3.8) is 0 Å². The Labute approximate surface area is 201 Å². The summed E-state index contributed by atoms with van der Waals surface area (Å²) in [7, 11) is -4.90. The van der Waals surface area contributed by atoms with E-state index in [2.05, 4.69) is 5.32 Å². The second-order valence-electron chi connectivity index (χ2n) is 8.48. The fraction of sp³-hybridized carbons (Fsp3) is 0.619. The maximum Gasteiger partial charge on any atom is 0.307 e. The lowest BCUT2D eigenvalue weighted by molar-refractivity contribution is -0.142. The summed E-state index contributed by atoms with van der Waals surface area (Å²) >= 11 is 0. The standard InChI is InChI=1S/C14H20N2O4S.C7H13NO4S/c1-20-13-7-3-6-12(9-13)15-14(17)11-5-4-8-16(10-11)21(2,18)19;1-13(11,12)8-4-2-3-6(5-8)7(9)10/h3,6-7,9,11H,4-5,8,10H2,1-2H3,(H,15,17);6H,2-5H2,1H3,(H,9,10)/t11-;6-/m00/s1. The maximum atomic E-state index is 12.3. The van der Waals surface area contributed by atoms with Crippen molar-refractivity contribution in [2.75, 3.05) is 51.1 Å². The van der Waals surface area contributed by atoms with Crippen LogP contribution in [0.4, 0.5) is 5.69 Å². The van der Waals surface area contributed by atoms with Crippen molar-refractivity contribution in [1.82, 2.24) is 8.61 Å². The molecule has 2 heterocycles. The van der Waals surface area contributed by atoms with E-state index in [4.69, 9.17) is 9.84 Å². The summed E-state index contributed by atoms with van der Waals surface area (Å²) in [6.45, 7) is 1.30. The van der Waals surface area contributed by atoms with E-state index in [0.29, 0.717) is 50.2 Å². The van der Waals surface area contributed by atoms with Gasteiger partial charge in [0.2, 0.25) is 26.0 Å². The first-order valence-corrected chi connectivity index (χ1v) is 14.6. The number of carboxylic acid groups (broad SMARTS) is 1. The molecule has 3 rings (SSSR count). The van der Waals surface area contributed by atoms with Crippen LogP contribution in [0.5, 0.6) is 5.75 Å². The molecule has 1 aromatic rings. The Balaban J connectivity index is 0.000000270. The fourth-order valence-electron chi connectivity index (χ4n) is 3.85. The van der Waals surface area contributed by atoms with Gasteiger partial charge in [0.15, 0.2) is 0 Å². The molecule has 2 aliphatic heterocycles. The maximum absolute atomic E-state index is 12.3. The number of hydrogen-bond donors (Lipinski definition) is 2. The molecule has 0 aliphatic carbocycles. The third kappa shape index (κ3) is 8.53. The molecule has 11 nitrogen and oxygen atoms in total. The largest absolute Gasteiger partial charge is 0.497 e. The number of piperidine rings is 2. The first-order valence-electron chi connectivity index (χ1n) is 10.9. The molecule has 0 spiro atoms. The lowest BCUT2D eigenvalue weighted by Crippen LogP contribution is -2.43. The summed E-state index contributed by atoms with van der Waals surface area (Å²) in [6, 6.07) is 7.09. The quantitative estimate of drug-likeness (QED) is 0.566. The van der Waals surface area contributed by atoms with Gasteiger partial charge >= 0.3 is 5.97 Å². The Kier molecular flexibility index (Phi) is 9.85. The zero-order chi connectivity index (χ0) is 25.5. The summed E-state index contributed by atoms with van der Waals surface area (Å²) in [5.74, 6) is -1.26. The van der Waals surface area contributed by atoms with Gasteiger partial charge in [-0.15, -0.1) is 0 Å². The number of hydrogen-bond acceptors (Lipinski definition) is 7. The average Bonchev–Trinajstić information content (AvgIpc) is 2.78. The van der Waals surface area contributed by atoms with Crippen LogP contribution in [0.3, 0.4) is 0 Å². The van der Waals surface area contributed by atoms with E-state index in [1.807, 2.05) is 0 Å². The molecule has 2 saturated heterocycles.